The van der Waals surface area contributed by atoms with Gasteiger partial charge in [0.05, 0.1) is 0 Å². The lowest BCUT2D eigenvalue weighted by Crippen LogP contribution is -2.22. The first-order chi connectivity index (χ1) is 17.0. The van der Waals surface area contributed by atoms with E-state index >= 15 is 0 Å². The quantitative estimate of drug-likeness (QED) is 0.293. The van der Waals surface area contributed by atoms with Gasteiger partial charge in [0.15, 0.2) is 29.2 Å². The molecule has 2 heterocycles. The average molecular weight is 466 g/mol. The van der Waals surface area contributed by atoms with Crippen LogP contribution in [0.25, 0.3) is 45.5 Å². The Balaban J connectivity index is 1.61. The summed E-state index contributed by atoms with van der Waals surface area (Å²) in [5.41, 5.74) is 3.62. The number of carbonyl (C=O) groups is 1. The van der Waals surface area contributed by atoms with Crippen molar-refractivity contribution in [2.45, 2.75) is 20.0 Å². The lowest BCUT2D eigenvalue weighted by molar-refractivity contribution is -0.144. The minimum absolute atomic E-state index is 0.319. The van der Waals surface area contributed by atoms with Gasteiger partial charge in [-0.05, 0) is 19.1 Å². The van der Waals surface area contributed by atoms with E-state index in [2.05, 4.69) is 4.98 Å². The minimum atomic E-state index is -1.05. The van der Waals surface area contributed by atoms with E-state index in [1.165, 1.54) is 6.92 Å². The number of rotatable bonds is 7. The van der Waals surface area contributed by atoms with Gasteiger partial charge in [-0.15, -0.1) is 0 Å². The summed E-state index contributed by atoms with van der Waals surface area (Å²) in [6, 6.07) is 26.6. The van der Waals surface area contributed by atoms with Crippen LogP contribution in [0, 0.1) is 6.92 Å². The van der Waals surface area contributed by atoms with E-state index in [0.29, 0.717) is 46.0 Å². The number of aromatic nitrogens is 2. The van der Waals surface area contributed by atoms with Crippen LogP contribution in [0.1, 0.15) is 12.8 Å². The molecule has 0 saturated heterocycles. The van der Waals surface area contributed by atoms with Gasteiger partial charge < -0.3 is 18.7 Å². The summed E-state index contributed by atoms with van der Waals surface area (Å²) in [6.45, 7) is 3.22. The largest absolute Gasteiger partial charge is 0.479 e. The Hall–Kier alpha value is -4.65. The number of ether oxygens (including phenoxy) is 1. The first-order valence-electron chi connectivity index (χ1n) is 11.1. The van der Waals surface area contributed by atoms with Crippen LogP contribution in [0.2, 0.25) is 0 Å². The van der Waals surface area contributed by atoms with Gasteiger partial charge in [0.25, 0.3) is 0 Å². The van der Waals surface area contributed by atoms with Crippen molar-refractivity contribution in [2.24, 2.45) is 0 Å². The highest BCUT2D eigenvalue weighted by Crippen LogP contribution is 2.39. The van der Waals surface area contributed by atoms with Crippen molar-refractivity contribution in [2.75, 3.05) is 0 Å². The zero-order valence-corrected chi connectivity index (χ0v) is 19.1. The Bertz CT molecular complexity index is 1420. The van der Waals surface area contributed by atoms with E-state index < -0.39 is 12.1 Å². The van der Waals surface area contributed by atoms with Crippen molar-refractivity contribution in [1.82, 2.24) is 9.97 Å². The van der Waals surface area contributed by atoms with Gasteiger partial charge in [-0.2, -0.15) is 0 Å². The molecule has 0 aliphatic rings. The lowest BCUT2D eigenvalue weighted by Gasteiger charge is -2.11. The fourth-order valence-electron chi connectivity index (χ4n) is 3.73. The standard InChI is InChI=1S/C28H22N2O5/c1-17(28(31)32)33-22-15-9-14-21(16-22)26-24(29-18(2)34-26)27-30-23(19-10-5-3-6-11-19)25(35-27)20-12-7-4-8-13-20/h3-17H,1-2H3,(H,31,32). The predicted molar refractivity (Wildman–Crippen MR) is 131 cm³/mol. The maximum Gasteiger partial charge on any atom is 0.344 e. The molecule has 3 aromatic carbocycles. The van der Waals surface area contributed by atoms with Gasteiger partial charge in [-0.25, -0.2) is 14.8 Å². The average Bonchev–Trinajstić information content (AvgIpc) is 3.49. The number of carboxylic acid groups (broad SMARTS) is 1. The highest BCUT2D eigenvalue weighted by atomic mass is 16.5. The molecular weight excluding hydrogens is 444 g/mol. The summed E-state index contributed by atoms with van der Waals surface area (Å²) in [6.07, 6.45) is -0.991. The smallest absolute Gasteiger partial charge is 0.344 e. The van der Waals surface area contributed by atoms with E-state index in [1.807, 2.05) is 66.7 Å². The second-order valence-corrected chi connectivity index (χ2v) is 7.97. The van der Waals surface area contributed by atoms with Crippen LogP contribution in [0.3, 0.4) is 0 Å². The summed E-state index contributed by atoms with van der Waals surface area (Å²) < 4.78 is 17.8. The van der Waals surface area contributed by atoms with Gasteiger partial charge in [-0.1, -0.05) is 72.8 Å². The first-order valence-corrected chi connectivity index (χ1v) is 11.1. The zero-order chi connectivity index (χ0) is 24.4. The number of aliphatic carboxylic acids is 1. The van der Waals surface area contributed by atoms with Crippen LogP contribution in [-0.4, -0.2) is 27.1 Å². The SMILES string of the molecule is Cc1nc(-c2nc(-c3ccccc3)c(-c3ccccc3)o2)c(-c2cccc(OC(C)C(=O)O)c2)o1. The molecule has 0 saturated carbocycles. The molecule has 5 rings (SSSR count). The third-order valence-corrected chi connectivity index (χ3v) is 5.40. The number of aryl methyl sites for hydroxylation is 1. The van der Waals surface area contributed by atoms with Gasteiger partial charge in [0, 0.05) is 23.6 Å². The maximum absolute atomic E-state index is 11.2. The molecule has 1 unspecified atom stereocenters. The van der Waals surface area contributed by atoms with Crippen LogP contribution in [0.4, 0.5) is 0 Å². The molecule has 1 atom stereocenters. The molecule has 0 aliphatic carbocycles. The van der Waals surface area contributed by atoms with Gasteiger partial charge in [0.2, 0.25) is 5.89 Å². The fraction of sp³-hybridized carbons (Fsp3) is 0.107. The molecule has 2 aromatic heterocycles. The summed E-state index contributed by atoms with van der Waals surface area (Å²) in [5.74, 6) is 1.20. The second kappa shape index (κ2) is 9.30. The molecule has 174 valence electrons. The number of nitrogens with zero attached hydrogens (tertiary/aromatic N) is 2. The molecule has 0 amide bonds. The van der Waals surface area contributed by atoms with Gasteiger partial charge in [-0.3, -0.25) is 0 Å². The summed E-state index contributed by atoms with van der Waals surface area (Å²) in [5, 5.41) is 9.17. The maximum atomic E-state index is 11.2. The molecule has 7 nitrogen and oxygen atoms in total. The van der Waals surface area contributed by atoms with Crippen molar-refractivity contribution in [3.63, 3.8) is 0 Å². The van der Waals surface area contributed by atoms with E-state index in [0.717, 1.165) is 11.1 Å². The normalized spacial score (nSPS) is 11.8. The molecule has 0 bridgehead atoms. The highest BCUT2D eigenvalue weighted by Gasteiger charge is 2.24. The molecule has 0 radical (unpaired) electrons. The van der Waals surface area contributed by atoms with Crippen molar-refractivity contribution in [3.05, 3.63) is 90.8 Å². The number of oxazole rings is 2. The minimum Gasteiger partial charge on any atom is -0.479 e. The lowest BCUT2D eigenvalue weighted by atomic mass is 10.1. The van der Waals surface area contributed by atoms with Crippen LogP contribution in [0.5, 0.6) is 5.75 Å². The molecule has 0 fully saturated rings. The van der Waals surface area contributed by atoms with E-state index in [4.69, 9.17) is 23.7 Å². The zero-order valence-electron chi connectivity index (χ0n) is 19.1. The van der Waals surface area contributed by atoms with E-state index in [1.54, 1.807) is 25.1 Å². The molecule has 0 aliphatic heterocycles. The van der Waals surface area contributed by atoms with Crippen molar-refractivity contribution in [3.8, 4) is 51.2 Å². The van der Waals surface area contributed by atoms with E-state index in [-0.39, 0.29) is 0 Å². The molecule has 0 spiro atoms. The number of carboxylic acids is 1. The Labute approximate surface area is 201 Å². The van der Waals surface area contributed by atoms with Crippen LogP contribution >= 0.6 is 0 Å². The summed E-state index contributed by atoms with van der Waals surface area (Å²) >= 11 is 0. The number of hydrogen-bond acceptors (Lipinski definition) is 6. The second-order valence-electron chi connectivity index (χ2n) is 7.97. The van der Waals surface area contributed by atoms with Crippen molar-refractivity contribution in [1.29, 1.82) is 0 Å². The van der Waals surface area contributed by atoms with E-state index in [9.17, 15) is 4.79 Å². The Morgan fingerprint density at radius 1 is 0.800 bits per heavy atom. The fourth-order valence-corrected chi connectivity index (χ4v) is 3.73. The molecule has 35 heavy (non-hydrogen) atoms. The predicted octanol–water partition coefficient (Wildman–Crippen LogP) is 6.49. The Morgan fingerprint density at radius 2 is 1.43 bits per heavy atom. The van der Waals surface area contributed by atoms with Gasteiger partial charge in [0.1, 0.15) is 11.4 Å². The highest BCUT2D eigenvalue weighted by molar-refractivity contribution is 5.81. The third-order valence-electron chi connectivity index (χ3n) is 5.40. The Morgan fingerprint density at radius 3 is 2.11 bits per heavy atom. The number of benzene rings is 3. The van der Waals surface area contributed by atoms with Crippen LogP contribution < -0.4 is 4.74 Å². The summed E-state index contributed by atoms with van der Waals surface area (Å²) in [4.78, 5) is 20.6. The van der Waals surface area contributed by atoms with Crippen molar-refractivity contribution < 1.29 is 23.5 Å². The number of hydrogen-bond donors (Lipinski definition) is 1. The van der Waals surface area contributed by atoms with Crippen molar-refractivity contribution >= 4 is 5.97 Å². The summed E-state index contributed by atoms with van der Waals surface area (Å²) in [7, 11) is 0. The molecule has 5 aromatic rings. The molecular formula is C28H22N2O5. The molecule has 1 N–H and O–H groups in total. The monoisotopic (exact) mass is 466 g/mol. The molecule has 7 heteroatoms. The van der Waals surface area contributed by atoms with Crippen LogP contribution in [-0.2, 0) is 4.79 Å². The van der Waals surface area contributed by atoms with Gasteiger partial charge >= 0.3 is 5.97 Å². The first kappa shape index (κ1) is 22.2. The third kappa shape index (κ3) is 4.56. The van der Waals surface area contributed by atoms with Crippen LogP contribution in [0.15, 0.2) is 93.8 Å². The topological polar surface area (TPSA) is 98.6 Å². The Kier molecular flexibility index (Phi) is 5.89.